The number of hydrogen-bond acceptors (Lipinski definition) is 4. The lowest BCUT2D eigenvalue weighted by atomic mass is 10.1. The first-order valence-electron chi connectivity index (χ1n) is 6.30. The molecule has 1 rings (SSSR count). The Bertz CT molecular complexity index is 576. The fourth-order valence-corrected chi connectivity index (χ4v) is 1.50. The van der Waals surface area contributed by atoms with Crippen LogP contribution in [0, 0.1) is 0 Å². The van der Waals surface area contributed by atoms with Gasteiger partial charge in [-0.05, 0) is 39.0 Å². The van der Waals surface area contributed by atoms with Crippen molar-refractivity contribution in [2.24, 2.45) is 0 Å². The Balaban J connectivity index is 2.86. The summed E-state index contributed by atoms with van der Waals surface area (Å²) in [5.74, 6) is -2.45. The monoisotopic (exact) mass is 319 g/mol. The van der Waals surface area contributed by atoms with Gasteiger partial charge in [0.05, 0.1) is 0 Å². The molecular formula is C14H16F3NO4. The van der Waals surface area contributed by atoms with Gasteiger partial charge in [-0.1, -0.05) is 0 Å². The van der Waals surface area contributed by atoms with Crippen LogP contribution >= 0.6 is 0 Å². The van der Waals surface area contributed by atoms with Crippen molar-refractivity contribution in [3.05, 3.63) is 23.8 Å². The quantitative estimate of drug-likeness (QED) is 0.837. The van der Waals surface area contributed by atoms with Gasteiger partial charge in [0, 0.05) is 17.7 Å². The van der Waals surface area contributed by atoms with Crippen molar-refractivity contribution in [3.8, 4) is 5.75 Å². The Morgan fingerprint density at radius 1 is 1.23 bits per heavy atom. The molecular weight excluding hydrogens is 303 g/mol. The van der Waals surface area contributed by atoms with Gasteiger partial charge >= 0.3 is 12.3 Å². The van der Waals surface area contributed by atoms with E-state index in [4.69, 9.17) is 4.74 Å². The molecule has 0 saturated heterocycles. The molecule has 1 amide bonds. The van der Waals surface area contributed by atoms with Crippen LogP contribution in [0.3, 0.4) is 0 Å². The number of phenolic OH excluding ortho intramolecular Hbond substituents is 1. The van der Waals surface area contributed by atoms with E-state index in [9.17, 15) is 27.9 Å². The summed E-state index contributed by atoms with van der Waals surface area (Å²) in [6.07, 6.45) is -6.80. The standard InChI is InChI=1S/C14H16F3NO4/c1-13(2,3)22-12(21)18-9-4-5-10(19)8(6-9)7-11(20)14(15,16)17/h4-6,19H,7H2,1-3H3,(H,18,21). The van der Waals surface area contributed by atoms with Crippen molar-refractivity contribution < 1.29 is 32.6 Å². The van der Waals surface area contributed by atoms with E-state index >= 15 is 0 Å². The smallest absolute Gasteiger partial charge is 0.450 e. The number of halogens is 3. The first-order chi connectivity index (χ1) is 9.88. The lowest BCUT2D eigenvalue weighted by Gasteiger charge is -2.20. The molecule has 1 aromatic rings. The van der Waals surface area contributed by atoms with E-state index in [1.807, 2.05) is 0 Å². The lowest BCUT2D eigenvalue weighted by molar-refractivity contribution is -0.170. The van der Waals surface area contributed by atoms with Crippen molar-refractivity contribution in [1.82, 2.24) is 0 Å². The molecule has 0 bridgehead atoms. The van der Waals surface area contributed by atoms with Crippen LogP contribution in [-0.2, 0) is 16.0 Å². The molecule has 0 atom stereocenters. The minimum absolute atomic E-state index is 0.108. The Morgan fingerprint density at radius 3 is 2.32 bits per heavy atom. The molecule has 22 heavy (non-hydrogen) atoms. The van der Waals surface area contributed by atoms with Crippen LogP contribution in [0.2, 0.25) is 0 Å². The Morgan fingerprint density at radius 2 is 1.82 bits per heavy atom. The van der Waals surface area contributed by atoms with E-state index in [0.29, 0.717) is 0 Å². The fourth-order valence-electron chi connectivity index (χ4n) is 1.50. The van der Waals surface area contributed by atoms with Gasteiger partial charge in [-0.25, -0.2) is 4.79 Å². The molecule has 1 aromatic carbocycles. The van der Waals surface area contributed by atoms with E-state index in [-0.39, 0.29) is 11.3 Å². The summed E-state index contributed by atoms with van der Waals surface area (Å²) in [5.41, 5.74) is -0.872. The molecule has 5 nitrogen and oxygen atoms in total. The highest BCUT2D eigenvalue weighted by atomic mass is 19.4. The molecule has 0 fully saturated rings. The third kappa shape index (κ3) is 5.63. The van der Waals surface area contributed by atoms with Crippen LogP contribution < -0.4 is 5.32 Å². The Kier molecular flexibility index (Phi) is 5.05. The number of anilines is 1. The minimum Gasteiger partial charge on any atom is -0.508 e. The zero-order valence-corrected chi connectivity index (χ0v) is 12.2. The van der Waals surface area contributed by atoms with Crippen molar-refractivity contribution >= 4 is 17.6 Å². The number of nitrogens with one attached hydrogen (secondary N) is 1. The van der Waals surface area contributed by atoms with Crippen LogP contribution in [0.25, 0.3) is 0 Å². The Hall–Kier alpha value is -2.25. The van der Waals surface area contributed by atoms with E-state index in [1.54, 1.807) is 20.8 Å². The third-order valence-corrected chi connectivity index (χ3v) is 2.39. The number of ether oxygens (including phenoxy) is 1. The maximum atomic E-state index is 12.2. The van der Waals surface area contributed by atoms with E-state index in [2.05, 4.69) is 5.32 Å². The van der Waals surface area contributed by atoms with Crippen LogP contribution in [0.4, 0.5) is 23.7 Å². The summed E-state index contributed by atoms with van der Waals surface area (Å²) >= 11 is 0. The highest BCUT2D eigenvalue weighted by Gasteiger charge is 2.38. The van der Waals surface area contributed by atoms with Gasteiger partial charge in [0.2, 0.25) is 5.78 Å². The van der Waals surface area contributed by atoms with Gasteiger partial charge < -0.3 is 9.84 Å². The number of carbonyl (C=O) groups excluding carboxylic acids is 2. The van der Waals surface area contributed by atoms with Gasteiger partial charge in [0.25, 0.3) is 0 Å². The van der Waals surface area contributed by atoms with Crippen molar-refractivity contribution in [3.63, 3.8) is 0 Å². The van der Waals surface area contributed by atoms with Crippen molar-refractivity contribution in [2.45, 2.75) is 39.0 Å². The molecule has 0 spiro atoms. The zero-order chi connectivity index (χ0) is 17.1. The SMILES string of the molecule is CC(C)(C)OC(=O)Nc1ccc(O)c(CC(=O)C(F)(F)F)c1. The second kappa shape index (κ2) is 6.25. The molecule has 0 unspecified atom stereocenters. The number of Topliss-reactive ketones (excluding diaryl/α,β-unsaturated/α-hetero) is 1. The largest absolute Gasteiger partial charge is 0.508 e. The number of carbonyl (C=O) groups is 2. The topological polar surface area (TPSA) is 75.6 Å². The summed E-state index contributed by atoms with van der Waals surface area (Å²) in [4.78, 5) is 22.5. The number of amides is 1. The molecule has 0 radical (unpaired) electrons. The maximum Gasteiger partial charge on any atom is 0.450 e. The number of benzene rings is 1. The van der Waals surface area contributed by atoms with Gasteiger partial charge in [-0.3, -0.25) is 10.1 Å². The van der Waals surface area contributed by atoms with E-state index in [0.717, 1.165) is 12.1 Å². The summed E-state index contributed by atoms with van der Waals surface area (Å²) < 4.78 is 41.7. The molecule has 0 aromatic heterocycles. The number of hydrogen-bond donors (Lipinski definition) is 2. The number of ketones is 1. The second-order valence-corrected chi connectivity index (χ2v) is 5.57. The van der Waals surface area contributed by atoms with Crippen LogP contribution in [0.1, 0.15) is 26.3 Å². The predicted molar refractivity (Wildman–Crippen MR) is 72.7 cm³/mol. The normalized spacial score (nSPS) is 11.9. The first-order valence-corrected chi connectivity index (χ1v) is 6.30. The summed E-state index contributed by atoms with van der Waals surface area (Å²) in [6.45, 7) is 4.95. The lowest BCUT2D eigenvalue weighted by Crippen LogP contribution is -2.27. The molecule has 0 aliphatic carbocycles. The predicted octanol–water partition coefficient (Wildman–Crippen LogP) is 3.41. The van der Waals surface area contributed by atoms with Gasteiger partial charge in [0.1, 0.15) is 11.4 Å². The van der Waals surface area contributed by atoms with Crippen LogP contribution in [-0.4, -0.2) is 28.8 Å². The average molecular weight is 319 g/mol. The minimum atomic E-state index is -4.99. The summed E-state index contributed by atoms with van der Waals surface area (Å²) in [5, 5.41) is 11.8. The molecule has 0 aliphatic heterocycles. The fraction of sp³-hybridized carbons (Fsp3) is 0.429. The Labute approximate surface area is 125 Å². The number of rotatable bonds is 3. The number of alkyl halides is 3. The number of phenols is 1. The third-order valence-electron chi connectivity index (χ3n) is 2.39. The van der Waals surface area contributed by atoms with E-state index < -0.39 is 35.8 Å². The van der Waals surface area contributed by atoms with Crippen molar-refractivity contribution in [2.75, 3.05) is 5.32 Å². The summed E-state index contributed by atoms with van der Waals surface area (Å²) in [6, 6.07) is 3.45. The van der Waals surface area contributed by atoms with Gasteiger partial charge in [-0.15, -0.1) is 0 Å². The molecule has 2 N–H and O–H groups in total. The van der Waals surface area contributed by atoms with Crippen molar-refractivity contribution in [1.29, 1.82) is 0 Å². The zero-order valence-electron chi connectivity index (χ0n) is 12.2. The molecule has 122 valence electrons. The molecule has 0 saturated carbocycles. The molecule has 0 aliphatic rings. The van der Waals surface area contributed by atoms with Gasteiger partial charge in [0.15, 0.2) is 0 Å². The first kappa shape index (κ1) is 17.8. The van der Waals surface area contributed by atoms with Gasteiger partial charge in [-0.2, -0.15) is 13.2 Å². The van der Waals surface area contributed by atoms with Crippen LogP contribution in [0.5, 0.6) is 5.75 Å². The van der Waals surface area contributed by atoms with E-state index in [1.165, 1.54) is 6.07 Å². The average Bonchev–Trinajstić information content (AvgIpc) is 2.29. The highest BCUT2D eigenvalue weighted by Crippen LogP contribution is 2.26. The molecule has 8 heteroatoms. The number of aromatic hydroxyl groups is 1. The second-order valence-electron chi connectivity index (χ2n) is 5.57. The molecule has 0 heterocycles. The maximum absolute atomic E-state index is 12.2. The van der Waals surface area contributed by atoms with Crippen LogP contribution in [0.15, 0.2) is 18.2 Å². The summed E-state index contributed by atoms with van der Waals surface area (Å²) in [7, 11) is 0. The highest BCUT2D eigenvalue weighted by molar-refractivity contribution is 5.88.